The zero-order valence-corrected chi connectivity index (χ0v) is 10.2. The maximum absolute atomic E-state index is 12.9. The Hall–Kier alpha value is -2.51. The maximum Gasteiger partial charge on any atom is 0.420 e. The number of nitrogens with zero attached hydrogens (tertiary/aromatic N) is 2. The van der Waals surface area contributed by atoms with Crippen LogP contribution in [0.4, 0.5) is 13.2 Å². The van der Waals surface area contributed by atoms with Gasteiger partial charge in [0.15, 0.2) is 5.69 Å². The van der Waals surface area contributed by atoms with Crippen LogP contribution in [0.5, 0.6) is 5.75 Å². The predicted molar refractivity (Wildman–Crippen MR) is 62.1 cm³/mol. The minimum atomic E-state index is -4.57. The van der Waals surface area contributed by atoms with Gasteiger partial charge in [0.2, 0.25) is 0 Å². The van der Waals surface area contributed by atoms with E-state index in [0.717, 1.165) is 25.7 Å². The zero-order valence-electron chi connectivity index (χ0n) is 10.2. The molecule has 2 aromatic rings. The molecule has 0 saturated carbocycles. The lowest BCUT2D eigenvalue weighted by Crippen LogP contribution is -2.08. The third-order valence-electron chi connectivity index (χ3n) is 2.59. The Balaban J connectivity index is 2.50. The van der Waals surface area contributed by atoms with Gasteiger partial charge in [-0.1, -0.05) is 0 Å². The van der Waals surface area contributed by atoms with E-state index in [4.69, 9.17) is 5.11 Å². The Morgan fingerprint density at radius 2 is 2.10 bits per heavy atom. The van der Waals surface area contributed by atoms with E-state index in [1.165, 1.54) is 16.7 Å². The number of hydrogen-bond donors (Lipinski definition) is 1. The molecule has 0 atom stereocenters. The molecule has 1 aromatic carbocycles. The van der Waals surface area contributed by atoms with Crippen molar-refractivity contribution in [3.8, 4) is 11.4 Å². The third-order valence-corrected chi connectivity index (χ3v) is 2.59. The summed E-state index contributed by atoms with van der Waals surface area (Å²) in [5, 5.41) is 8.74. The monoisotopic (exact) mass is 286 g/mol. The number of methoxy groups -OCH3 is 1. The lowest BCUT2D eigenvalue weighted by atomic mass is 10.1. The standard InChI is InChI=1S/C12H9F3N2O3/c1-20-10-3-2-7(4-8(10)12(13,14)15)17-5-9(11(18)19)16-6-17/h2-6H,1H3,(H,18,19). The van der Waals surface area contributed by atoms with Crippen LogP contribution in [0.15, 0.2) is 30.7 Å². The number of benzene rings is 1. The summed E-state index contributed by atoms with van der Waals surface area (Å²) < 4.78 is 44.5. The Labute approximate surface area is 111 Å². The fraction of sp³-hybridized carbons (Fsp3) is 0.167. The van der Waals surface area contributed by atoms with Crippen molar-refractivity contribution in [3.63, 3.8) is 0 Å². The Morgan fingerprint density at radius 1 is 1.40 bits per heavy atom. The summed E-state index contributed by atoms with van der Waals surface area (Å²) >= 11 is 0. The second kappa shape index (κ2) is 4.87. The van der Waals surface area contributed by atoms with Gasteiger partial charge in [-0.15, -0.1) is 0 Å². The van der Waals surface area contributed by atoms with Gasteiger partial charge in [-0.3, -0.25) is 0 Å². The van der Waals surface area contributed by atoms with Crippen molar-refractivity contribution in [2.45, 2.75) is 6.18 Å². The number of halogens is 3. The highest BCUT2D eigenvalue weighted by atomic mass is 19.4. The summed E-state index contributed by atoms with van der Waals surface area (Å²) in [6.45, 7) is 0. The molecule has 0 radical (unpaired) electrons. The molecule has 0 spiro atoms. The molecule has 1 aromatic heterocycles. The first kappa shape index (κ1) is 13.9. The van der Waals surface area contributed by atoms with Crippen LogP contribution in [-0.4, -0.2) is 27.7 Å². The molecule has 0 amide bonds. The van der Waals surface area contributed by atoms with Crippen molar-refractivity contribution in [2.75, 3.05) is 7.11 Å². The van der Waals surface area contributed by atoms with Crippen LogP contribution in [0, 0.1) is 0 Å². The first-order valence-electron chi connectivity index (χ1n) is 5.36. The molecular formula is C12H9F3N2O3. The van der Waals surface area contributed by atoms with E-state index in [2.05, 4.69) is 9.72 Å². The molecule has 0 aliphatic carbocycles. The average Bonchev–Trinajstić information content (AvgIpc) is 2.86. The quantitative estimate of drug-likeness (QED) is 0.942. The minimum Gasteiger partial charge on any atom is -0.496 e. The average molecular weight is 286 g/mol. The number of alkyl halides is 3. The molecule has 2 rings (SSSR count). The van der Waals surface area contributed by atoms with E-state index in [-0.39, 0.29) is 17.1 Å². The number of aromatic carboxylic acids is 1. The third kappa shape index (κ3) is 2.58. The van der Waals surface area contributed by atoms with E-state index in [1.807, 2.05) is 0 Å². The Kier molecular flexibility index (Phi) is 3.39. The smallest absolute Gasteiger partial charge is 0.420 e. The van der Waals surface area contributed by atoms with Gasteiger partial charge in [-0.2, -0.15) is 13.2 Å². The van der Waals surface area contributed by atoms with Crippen LogP contribution in [0.25, 0.3) is 5.69 Å². The van der Waals surface area contributed by atoms with Gasteiger partial charge in [-0.05, 0) is 18.2 Å². The van der Waals surface area contributed by atoms with Crippen LogP contribution in [0.3, 0.4) is 0 Å². The van der Waals surface area contributed by atoms with E-state index in [9.17, 15) is 18.0 Å². The van der Waals surface area contributed by atoms with Crippen molar-refractivity contribution in [1.82, 2.24) is 9.55 Å². The summed E-state index contributed by atoms with van der Waals surface area (Å²) in [4.78, 5) is 14.3. The van der Waals surface area contributed by atoms with Gasteiger partial charge in [0, 0.05) is 11.9 Å². The second-order valence-electron chi connectivity index (χ2n) is 3.85. The molecule has 20 heavy (non-hydrogen) atoms. The highest BCUT2D eigenvalue weighted by Gasteiger charge is 2.34. The van der Waals surface area contributed by atoms with Gasteiger partial charge in [0.25, 0.3) is 0 Å². The number of carboxylic acids is 1. The normalized spacial score (nSPS) is 11.4. The van der Waals surface area contributed by atoms with E-state index in [1.54, 1.807) is 0 Å². The van der Waals surface area contributed by atoms with E-state index < -0.39 is 17.7 Å². The molecule has 0 fully saturated rings. The maximum atomic E-state index is 12.9. The van der Waals surface area contributed by atoms with Gasteiger partial charge in [-0.25, -0.2) is 9.78 Å². The first-order valence-corrected chi connectivity index (χ1v) is 5.36. The van der Waals surface area contributed by atoms with Crippen LogP contribution < -0.4 is 4.74 Å². The second-order valence-corrected chi connectivity index (χ2v) is 3.85. The summed E-state index contributed by atoms with van der Waals surface area (Å²) in [7, 11) is 1.14. The number of hydrogen-bond acceptors (Lipinski definition) is 3. The van der Waals surface area contributed by atoms with Gasteiger partial charge in [0.1, 0.15) is 12.1 Å². The molecule has 1 N–H and O–H groups in total. The van der Waals surface area contributed by atoms with Gasteiger partial charge >= 0.3 is 12.1 Å². The molecule has 0 aliphatic rings. The molecule has 0 saturated heterocycles. The van der Waals surface area contributed by atoms with Crippen LogP contribution in [-0.2, 0) is 6.18 Å². The van der Waals surface area contributed by atoms with Crippen molar-refractivity contribution in [3.05, 3.63) is 42.0 Å². The molecule has 0 unspecified atom stereocenters. The van der Waals surface area contributed by atoms with Crippen molar-refractivity contribution in [2.24, 2.45) is 0 Å². The fourth-order valence-electron chi connectivity index (χ4n) is 1.65. The number of carboxylic acid groups (broad SMARTS) is 1. The van der Waals surface area contributed by atoms with Gasteiger partial charge < -0.3 is 14.4 Å². The molecule has 1 heterocycles. The molecule has 106 valence electrons. The topological polar surface area (TPSA) is 64.4 Å². The number of imidazole rings is 1. The summed E-state index contributed by atoms with van der Waals surface area (Å²) in [5.41, 5.74) is -1.06. The summed E-state index contributed by atoms with van der Waals surface area (Å²) in [6, 6.07) is 3.41. The SMILES string of the molecule is COc1ccc(-n2cnc(C(=O)O)c2)cc1C(F)(F)F. The fourth-order valence-corrected chi connectivity index (χ4v) is 1.65. The minimum absolute atomic E-state index is 0.137. The molecule has 5 nitrogen and oxygen atoms in total. The van der Waals surface area contributed by atoms with Crippen molar-refractivity contribution < 1.29 is 27.8 Å². The molecule has 8 heteroatoms. The molecule has 0 aliphatic heterocycles. The number of rotatable bonds is 3. The lowest BCUT2D eigenvalue weighted by Gasteiger charge is -2.13. The first-order chi connectivity index (χ1) is 9.32. The van der Waals surface area contributed by atoms with Crippen LogP contribution in [0.1, 0.15) is 16.1 Å². The number of carbonyl (C=O) groups is 1. The number of aromatic nitrogens is 2. The molecular weight excluding hydrogens is 277 g/mol. The largest absolute Gasteiger partial charge is 0.496 e. The molecule has 0 bridgehead atoms. The Bertz CT molecular complexity index is 650. The predicted octanol–water partition coefficient (Wildman–Crippen LogP) is 2.60. The van der Waals surface area contributed by atoms with E-state index >= 15 is 0 Å². The summed E-state index contributed by atoms with van der Waals surface area (Å²) in [5.74, 6) is -1.56. The van der Waals surface area contributed by atoms with Gasteiger partial charge in [0.05, 0.1) is 12.7 Å². The zero-order chi connectivity index (χ0) is 14.9. The van der Waals surface area contributed by atoms with Crippen LogP contribution >= 0.6 is 0 Å². The highest BCUT2D eigenvalue weighted by molar-refractivity contribution is 5.85. The Morgan fingerprint density at radius 3 is 2.60 bits per heavy atom. The van der Waals surface area contributed by atoms with Crippen molar-refractivity contribution in [1.29, 1.82) is 0 Å². The number of ether oxygens (including phenoxy) is 1. The van der Waals surface area contributed by atoms with Crippen LogP contribution in [0.2, 0.25) is 0 Å². The van der Waals surface area contributed by atoms with E-state index in [0.29, 0.717) is 0 Å². The lowest BCUT2D eigenvalue weighted by molar-refractivity contribution is -0.138. The summed E-state index contributed by atoms with van der Waals surface area (Å²) in [6.07, 6.45) is -2.31. The highest BCUT2D eigenvalue weighted by Crippen LogP contribution is 2.37. The van der Waals surface area contributed by atoms with Crippen molar-refractivity contribution >= 4 is 5.97 Å².